The van der Waals surface area contributed by atoms with E-state index in [1.54, 1.807) is 39.8 Å². The highest BCUT2D eigenvalue weighted by Crippen LogP contribution is 2.44. The summed E-state index contributed by atoms with van der Waals surface area (Å²) in [5.41, 5.74) is 0.568. The average Bonchev–Trinajstić information content (AvgIpc) is 3.10. The molecule has 1 aromatic carbocycles. The quantitative estimate of drug-likeness (QED) is 0.841. The van der Waals surface area contributed by atoms with Gasteiger partial charge in [-0.2, -0.15) is 0 Å². The highest BCUT2D eigenvalue weighted by Gasteiger charge is 2.62. The summed E-state index contributed by atoms with van der Waals surface area (Å²) in [6.45, 7) is 9.60. The molecule has 8 nitrogen and oxygen atoms in total. The van der Waals surface area contributed by atoms with Crippen molar-refractivity contribution in [3.63, 3.8) is 0 Å². The number of amides is 1. The van der Waals surface area contributed by atoms with Crippen LogP contribution in [0.3, 0.4) is 0 Å². The fraction of sp³-hybridized carbons (Fsp3) is 0.650. The Balaban J connectivity index is 1.57. The normalized spacial score (nSPS) is 35.1. The molecule has 0 aliphatic carbocycles. The molecule has 4 rings (SSSR count). The average molecular weight is 393 g/mol. The maximum Gasteiger partial charge on any atom is 0.256 e. The zero-order valence-corrected chi connectivity index (χ0v) is 16.8. The zero-order valence-electron chi connectivity index (χ0n) is 16.8. The monoisotopic (exact) mass is 393 g/mol. The minimum atomic E-state index is -0.916. The summed E-state index contributed by atoms with van der Waals surface area (Å²) >= 11 is 0. The second-order valence-electron chi connectivity index (χ2n) is 8.01. The second-order valence-corrected chi connectivity index (χ2v) is 8.01. The van der Waals surface area contributed by atoms with E-state index < -0.39 is 42.3 Å². The number of ether oxygens (including phenoxy) is 6. The first kappa shape index (κ1) is 19.6. The Morgan fingerprint density at radius 3 is 2.39 bits per heavy atom. The highest BCUT2D eigenvalue weighted by molar-refractivity contribution is 5.96. The van der Waals surface area contributed by atoms with Crippen LogP contribution in [0.2, 0.25) is 0 Å². The number of rotatable bonds is 4. The van der Waals surface area contributed by atoms with Gasteiger partial charge in [0.1, 0.15) is 24.1 Å². The van der Waals surface area contributed by atoms with Crippen molar-refractivity contribution in [2.24, 2.45) is 0 Å². The minimum Gasteiger partial charge on any atom is -0.492 e. The number of hydrogen-bond donors (Lipinski definition) is 1. The van der Waals surface area contributed by atoms with Crippen LogP contribution in [-0.2, 0) is 28.5 Å². The van der Waals surface area contributed by atoms with Gasteiger partial charge >= 0.3 is 0 Å². The molecule has 5 atom stereocenters. The highest BCUT2D eigenvalue weighted by atomic mass is 16.9. The van der Waals surface area contributed by atoms with Crippen LogP contribution in [0.4, 0.5) is 5.69 Å². The van der Waals surface area contributed by atoms with Crippen molar-refractivity contribution in [2.75, 3.05) is 11.9 Å². The molecule has 1 aromatic rings. The lowest BCUT2D eigenvalue weighted by Crippen LogP contribution is -2.58. The van der Waals surface area contributed by atoms with E-state index in [-0.39, 0.29) is 5.91 Å². The van der Waals surface area contributed by atoms with Crippen LogP contribution in [0, 0.1) is 0 Å². The molecular formula is C20H27NO7. The lowest BCUT2D eigenvalue weighted by atomic mass is 9.98. The molecule has 0 saturated carbocycles. The van der Waals surface area contributed by atoms with E-state index in [2.05, 4.69) is 5.32 Å². The van der Waals surface area contributed by atoms with Gasteiger partial charge in [0.25, 0.3) is 5.91 Å². The van der Waals surface area contributed by atoms with Crippen molar-refractivity contribution in [1.29, 1.82) is 0 Å². The van der Waals surface area contributed by atoms with Gasteiger partial charge in [-0.1, -0.05) is 12.1 Å². The maximum absolute atomic E-state index is 13.1. The summed E-state index contributed by atoms with van der Waals surface area (Å²) < 4.78 is 35.4. The van der Waals surface area contributed by atoms with Gasteiger partial charge in [-0.15, -0.1) is 0 Å². The van der Waals surface area contributed by atoms with Crippen LogP contribution in [0.15, 0.2) is 24.3 Å². The predicted octanol–water partition coefficient (Wildman–Crippen LogP) is 2.42. The van der Waals surface area contributed by atoms with E-state index >= 15 is 0 Å². The van der Waals surface area contributed by atoms with Gasteiger partial charge in [-0.3, -0.25) is 4.79 Å². The van der Waals surface area contributed by atoms with E-state index in [4.69, 9.17) is 28.4 Å². The molecule has 3 aliphatic heterocycles. The third kappa shape index (κ3) is 3.62. The number of fused-ring (bicyclic) bond motifs is 3. The van der Waals surface area contributed by atoms with Gasteiger partial charge in [-0.05, 0) is 46.8 Å². The molecule has 154 valence electrons. The molecule has 1 amide bonds. The van der Waals surface area contributed by atoms with Crippen LogP contribution < -0.4 is 10.1 Å². The minimum absolute atomic E-state index is 0.352. The Hall–Kier alpha value is -1.71. The largest absolute Gasteiger partial charge is 0.492 e. The van der Waals surface area contributed by atoms with Crippen molar-refractivity contribution in [2.45, 2.75) is 76.9 Å². The fourth-order valence-corrected chi connectivity index (χ4v) is 3.88. The molecule has 3 fully saturated rings. The summed E-state index contributed by atoms with van der Waals surface area (Å²) in [7, 11) is 0. The summed E-state index contributed by atoms with van der Waals surface area (Å²) in [4.78, 5) is 13.1. The molecule has 0 unspecified atom stereocenters. The molecule has 0 spiro atoms. The van der Waals surface area contributed by atoms with Crippen LogP contribution in [0.5, 0.6) is 5.75 Å². The summed E-state index contributed by atoms with van der Waals surface area (Å²) in [6, 6.07) is 7.25. The molecule has 28 heavy (non-hydrogen) atoms. The first-order valence-corrected chi connectivity index (χ1v) is 9.58. The number of carbonyl (C=O) groups excluding carboxylic acids is 1. The maximum atomic E-state index is 13.1. The van der Waals surface area contributed by atoms with Crippen molar-refractivity contribution >= 4 is 11.6 Å². The van der Waals surface area contributed by atoms with Gasteiger partial charge in [0, 0.05) is 0 Å². The van der Waals surface area contributed by atoms with Crippen LogP contribution in [-0.4, -0.2) is 54.8 Å². The van der Waals surface area contributed by atoms with E-state index in [0.717, 1.165) is 0 Å². The molecule has 0 aromatic heterocycles. The first-order chi connectivity index (χ1) is 13.2. The lowest BCUT2D eigenvalue weighted by molar-refractivity contribution is -0.229. The summed E-state index contributed by atoms with van der Waals surface area (Å²) in [6.07, 6.45) is -3.20. The van der Waals surface area contributed by atoms with Gasteiger partial charge in [-0.25, -0.2) is 0 Å². The van der Waals surface area contributed by atoms with Crippen LogP contribution in [0.25, 0.3) is 0 Å². The summed E-state index contributed by atoms with van der Waals surface area (Å²) in [5, 5.41) is 2.88. The van der Waals surface area contributed by atoms with Crippen molar-refractivity contribution in [3.8, 4) is 5.75 Å². The first-order valence-electron chi connectivity index (χ1n) is 9.58. The van der Waals surface area contributed by atoms with Gasteiger partial charge < -0.3 is 33.7 Å². The number of hydrogen-bond acceptors (Lipinski definition) is 7. The van der Waals surface area contributed by atoms with E-state index in [9.17, 15) is 4.79 Å². The zero-order chi connectivity index (χ0) is 20.1. The Kier molecular flexibility index (Phi) is 4.87. The van der Waals surface area contributed by atoms with E-state index in [1.165, 1.54) is 0 Å². The number of carbonyl (C=O) groups is 1. The summed E-state index contributed by atoms with van der Waals surface area (Å²) in [5.74, 6) is -1.45. The number of anilines is 1. The predicted molar refractivity (Wildman–Crippen MR) is 98.8 cm³/mol. The van der Waals surface area contributed by atoms with Crippen LogP contribution >= 0.6 is 0 Å². The Morgan fingerprint density at radius 2 is 1.64 bits per heavy atom. The van der Waals surface area contributed by atoms with E-state index in [1.807, 2.05) is 19.1 Å². The molecule has 8 heteroatoms. The van der Waals surface area contributed by atoms with Crippen molar-refractivity contribution in [1.82, 2.24) is 0 Å². The third-order valence-corrected chi connectivity index (χ3v) is 4.86. The second kappa shape index (κ2) is 6.96. The molecular weight excluding hydrogens is 366 g/mol. The molecule has 3 saturated heterocycles. The van der Waals surface area contributed by atoms with Gasteiger partial charge in [0.15, 0.2) is 24.0 Å². The van der Waals surface area contributed by atoms with Crippen molar-refractivity contribution < 1.29 is 33.2 Å². The molecule has 3 aliphatic rings. The molecule has 1 N–H and O–H groups in total. The topological polar surface area (TPSA) is 84.5 Å². The van der Waals surface area contributed by atoms with Crippen molar-refractivity contribution in [3.05, 3.63) is 24.3 Å². The van der Waals surface area contributed by atoms with Crippen LogP contribution in [0.1, 0.15) is 34.6 Å². The number of nitrogens with one attached hydrogen (secondary N) is 1. The number of para-hydroxylation sites is 2. The Morgan fingerprint density at radius 1 is 1.00 bits per heavy atom. The Bertz CT molecular complexity index is 750. The molecule has 0 bridgehead atoms. The standard InChI is InChI=1S/C20H27NO7/c1-6-23-12-10-8-7-9-11(12)21-17(22)15-13-14(26-19(2,3)25-13)16-18(24-15)28-20(4,5)27-16/h7-10,13-16,18H,6H2,1-5H3,(H,21,22)/t13-,14-,15-,16+,18-/m0/s1. The van der Waals surface area contributed by atoms with Gasteiger partial charge in [0.05, 0.1) is 12.3 Å². The smallest absolute Gasteiger partial charge is 0.256 e. The van der Waals surface area contributed by atoms with E-state index in [0.29, 0.717) is 18.0 Å². The number of benzene rings is 1. The molecule has 3 heterocycles. The lowest BCUT2D eigenvalue weighted by Gasteiger charge is -2.36. The SMILES string of the molecule is CCOc1ccccc1NC(=O)[C@H]1O[C@H]2OC(C)(C)O[C@@H]2[C@H]2OC(C)(C)O[C@@H]21. The molecule has 0 radical (unpaired) electrons. The fourth-order valence-electron chi connectivity index (χ4n) is 3.88. The van der Waals surface area contributed by atoms with Gasteiger partial charge in [0.2, 0.25) is 0 Å². The third-order valence-electron chi connectivity index (χ3n) is 4.86. The Labute approximate surface area is 164 Å².